The van der Waals surface area contributed by atoms with Gasteiger partial charge in [0.05, 0.1) is 0 Å². The first kappa shape index (κ1) is 19.9. The van der Waals surface area contributed by atoms with Crippen molar-refractivity contribution in [3.05, 3.63) is 29.8 Å². The summed E-state index contributed by atoms with van der Waals surface area (Å²) < 4.78 is 0. The zero-order valence-electron chi connectivity index (χ0n) is 18.1. The maximum Gasteiger partial charge on any atom is 0.332 e. The predicted octanol–water partition coefficient (Wildman–Crippen LogP) is 3.58. The highest BCUT2D eigenvalue weighted by Crippen LogP contribution is 2.52. The summed E-state index contributed by atoms with van der Waals surface area (Å²) in [5.41, 5.74) is 2.11. The maximum atomic E-state index is 13.1. The smallest absolute Gasteiger partial charge is 0.332 e. The Morgan fingerprint density at radius 2 is 1.76 bits per heavy atom. The Hall–Kier alpha value is -2.37. The van der Waals surface area contributed by atoms with Crippen LogP contribution in [0.3, 0.4) is 0 Å². The topological polar surface area (TPSA) is 60.9 Å². The Morgan fingerprint density at radius 3 is 2.41 bits per heavy atom. The lowest BCUT2D eigenvalue weighted by Gasteiger charge is -2.39. The number of carbonyl (C=O) groups excluding carboxylic acids is 3. The SMILES string of the molecule is Cc1ccc(N2C(=O)N(CC(=O)N3C[C@@]4(C)C[C@H]3CC(C)(C)C4)C(=O)[C@H]2C)cc1. The summed E-state index contributed by atoms with van der Waals surface area (Å²) in [5.74, 6) is -0.422. The molecule has 2 saturated heterocycles. The second kappa shape index (κ2) is 6.57. The molecule has 0 N–H and O–H groups in total. The van der Waals surface area contributed by atoms with Crippen molar-refractivity contribution in [2.75, 3.05) is 18.0 Å². The van der Waals surface area contributed by atoms with Crippen molar-refractivity contribution in [2.24, 2.45) is 10.8 Å². The summed E-state index contributed by atoms with van der Waals surface area (Å²) in [6.07, 6.45) is 3.08. The third-order valence-electron chi connectivity index (χ3n) is 6.79. The number of anilines is 1. The van der Waals surface area contributed by atoms with Crippen LogP contribution in [-0.4, -0.2) is 52.8 Å². The van der Waals surface area contributed by atoms with Crippen molar-refractivity contribution in [2.45, 2.75) is 66.0 Å². The Labute approximate surface area is 172 Å². The molecule has 4 amide bonds. The number of rotatable bonds is 3. The van der Waals surface area contributed by atoms with Gasteiger partial charge in [-0.25, -0.2) is 4.79 Å². The van der Waals surface area contributed by atoms with Gasteiger partial charge >= 0.3 is 6.03 Å². The van der Waals surface area contributed by atoms with Crippen LogP contribution < -0.4 is 4.90 Å². The fourth-order valence-electron chi connectivity index (χ4n) is 5.89. The molecule has 2 bridgehead atoms. The summed E-state index contributed by atoms with van der Waals surface area (Å²) in [6.45, 7) is 11.0. The number of nitrogens with zero attached hydrogens (tertiary/aromatic N) is 3. The van der Waals surface area contributed by atoms with E-state index in [1.807, 2.05) is 36.1 Å². The van der Waals surface area contributed by atoms with Gasteiger partial charge < -0.3 is 4.90 Å². The fraction of sp³-hybridized carbons (Fsp3) is 0.609. The number of imide groups is 1. The van der Waals surface area contributed by atoms with Gasteiger partial charge in [0.25, 0.3) is 5.91 Å². The van der Waals surface area contributed by atoms with Crippen molar-refractivity contribution in [1.29, 1.82) is 0 Å². The Balaban J connectivity index is 1.51. The summed E-state index contributed by atoms with van der Waals surface area (Å²) in [7, 11) is 0. The van der Waals surface area contributed by atoms with Crippen molar-refractivity contribution < 1.29 is 14.4 Å². The molecular formula is C23H31N3O3. The molecule has 3 aliphatic rings. The number of fused-ring (bicyclic) bond motifs is 2. The standard InChI is InChI=1S/C23H31N3O3/c1-15-6-8-17(9-7-15)26-16(2)20(28)24(21(26)29)12-19(27)25-14-23(5)11-18(25)10-22(3,4)13-23/h6-9,16,18H,10-14H2,1-5H3/t16-,18-,23+/m1/s1. The van der Waals surface area contributed by atoms with Crippen LogP contribution in [0.4, 0.5) is 10.5 Å². The van der Waals surface area contributed by atoms with Gasteiger partial charge in [-0.2, -0.15) is 0 Å². The molecule has 1 saturated carbocycles. The van der Waals surface area contributed by atoms with Crippen LogP contribution >= 0.6 is 0 Å². The first-order valence-corrected chi connectivity index (χ1v) is 10.5. The van der Waals surface area contributed by atoms with Crippen molar-refractivity contribution in [3.63, 3.8) is 0 Å². The van der Waals surface area contributed by atoms with Gasteiger partial charge in [0, 0.05) is 18.3 Å². The van der Waals surface area contributed by atoms with Crippen molar-refractivity contribution in [3.8, 4) is 0 Å². The van der Waals surface area contributed by atoms with Gasteiger partial charge in [-0.1, -0.05) is 38.5 Å². The molecule has 2 heterocycles. The monoisotopic (exact) mass is 397 g/mol. The minimum Gasteiger partial charge on any atom is -0.338 e. The molecule has 0 radical (unpaired) electrons. The van der Waals surface area contributed by atoms with Crippen LogP contribution in [0.15, 0.2) is 24.3 Å². The Bertz CT molecular complexity index is 863. The molecule has 2 aliphatic heterocycles. The largest absolute Gasteiger partial charge is 0.338 e. The first-order valence-electron chi connectivity index (χ1n) is 10.5. The quantitative estimate of drug-likeness (QED) is 0.733. The molecule has 3 fully saturated rings. The van der Waals surface area contributed by atoms with E-state index in [0.29, 0.717) is 12.2 Å². The zero-order valence-corrected chi connectivity index (χ0v) is 18.1. The highest BCUT2D eigenvalue weighted by atomic mass is 16.2. The van der Waals surface area contributed by atoms with Gasteiger partial charge in [-0.15, -0.1) is 0 Å². The Kier molecular flexibility index (Phi) is 4.52. The molecule has 6 heteroatoms. The van der Waals surface area contributed by atoms with E-state index in [-0.39, 0.29) is 35.2 Å². The molecule has 0 unspecified atom stereocenters. The number of urea groups is 1. The molecule has 6 nitrogen and oxygen atoms in total. The van der Waals surface area contributed by atoms with E-state index in [1.165, 1.54) is 4.90 Å². The number of aryl methyl sites for hydroxylation is 1. The minimum absolute atomic E-state index is 0.115. The number of hydrogen-bond acceptors (Lipinski definition) is 3. The molecule has 4 rings (SSSR count). The van der Waals surface area contributed by atoms with Crippen molar-refractivity contribution >= 4 is 23.5 Å². The number of amides is 4. The molecule has 1 aliphatic carbocycles. The third kappa shape index (κ3) is 3.43. The summed E-state index contributed by atoms with van der Waals surface area (Å²) >= 11 is 0. The molecule has 3 atom stereocenters. The summed E-state index contributed by atoms with van der Waals surface area (Å²) in [5, 5.41) is 0. The molecule has 1 aromatic rings. The van der Waals surface area contributed by atoms with Crippen LogP contribution in [0.2, 0.25) is 0 Å². The summed E-state index contributed by atoms with van der Waals surface area (Å²) in [4.78, 5) is 43.5. The zero-order chi connectivity index (χ0) is 21.1. The lowest BCUT2D eigenvalue weighted by molar-refractivity contribution is -0.138. The molecule has 29 heavy (non-hydrogen) atoms. The highest BCUT2D eigenvalue weighted by molar-refractivity contribution is 6.15. The van der Waals surface area contributed by atoms with E-state index in [2.05, 4.69) is 20.8 Å². The fourth-order valence-corrected chi connectivity index (χ4v) is 5.89. The lowest BCUT2D eigenvalue weighted by Crippen LogP contribution is -2.45. The van der Waals surface area contributed by atoms with Crippen LogP contribution in [-0.2, 0) is 9.59 Å². The normalized spacial score (nSPS) is 31.0. The van der Waals surface area contributed by atoms with Crippen LogP contribution in [0, 0.1) is 17.8 Å². The van der Waals surface area contributed by atoms with E-state index in [0.717, 1.165) is 29.7 Å². The van der Waals surface area contributed by atoms with Gasteiger partial charge in [0.1, 0.15) is 12.6 Å². The number of hydrogen-bond donors (Lipinski definition) is 0. The molecule has 156 valence electrons. The van der Waals surface area contributed by atoms with Crippen LogP contribution in [0.25, 0.3) is 0 Å². The average Bonchev–Trinajstić information content (AvgIpc) is 2.99. The van der Waals surface area contributed by atoms with E-state index in [4.69, 9.17) is 0 Å². The lowest BCUT2D eigenvalue weighted by atomic mass is 9.65. The minimum atomic E-state index is -0.604. The first-order chi connectivity index (χ1) is 13.5. The second-order valence-corrected chi connectivity index (χ2v) is 10.3. The molecular weight excluding hydrogens is 366 g/mol. The van der Waals surface area contributed by atoms with E-state index >= 15 is 0 Å². The van der Waals surface area contributed by atoms with E-state index < -0.39 is 12.1 Å². The van der Waals surface area contributed by atoms with Gasteiger partial charge in [0.15, 0.2) is 0 Å². The van der Waals surface area contributed by atoms with Crippen LogP contribution in [0.5, 0.6) is 0 Å². The van der Waals surface area contributed by atoms with Gasteiger partial charge in [-0.3, -0.25) is 19.4 Å². The predicted molar refractivity (Wildman–Crippen MR) is 111 cm³/mol. The number of benzene rings is 1. The third-order valence-corrected chi connectivity index (χ3v) is 6.79. The maximum absolute atomic E-state index is 13.1. The van der Waals surface area contributed by atoms with Crippen molar-refractivity contribution in [1.82, 2.24) is 9.80 Å². The van der Waals surface area contributed by atoms with Crippen LogP contribution in [0.1, 0.15) is 52.5 Å². The molecule has 1 aromatic carbocycles. The molecule has 0 aromatic heterocycles. The highest BCUT2D eigenvalue weighted by Gasteiger charge is 2.52. The van der Waals surface area contributed by atoms with E-state index in [9.17, 15) is 14.4 Å². The Morgan fingerprint density at radius 1 is 1.10 bits per heavy atom. The second-order valence-electron chi connectivity index (χ2n) is 10.3. The molecule has 0 spiro atoms. The number of carbonyl (C=O) groups is 3. The average molecular weight is 398 g/mol. The van der Waals surface area contributed by atoms with Gasteiger partial charge in [0.2, 0.25) is 5.91 Å². The van der Waals surface area contributed by atoms with E-state index in [1.54, 1.807) is 6.92 Å². The van der Waals surface area contributed by atoms with Gasteiger partial charge in [-0.05, 0) is 56.1 Å². The summed E-state index contributed by atoms with van der Waals surface area (Å²) in [6, 6.07) is 6.71. The number of likely N-dealkylation sites (tertiary alicyclic amines) is 1.